The molecule has 8 heteroatoms. The second-order valence-corrected chi connectivity index (χ2v) is 6.26. The van der Waals surface area contributed by atoms with Gasteiger partial charge in [-0.3, -0.25) is 5.32 Å². The van der Waals surface area contributed by atoms with Gasteiger partial charge in [0.15, 0.2) is 10.7 Å². The number of amides is 1. The fourth-order valence-corrected chi connectivity index (χ4v) is 2.22. The van der Waals surface area contributed by atoms with E-state index in [1.165, 1.54) is 13.0 Å². The first-order valence-electron chi connectivity index (χ1n) is 6.32. The van der Waals surface area contributed by atoms with E-state index in [2.05, 4.69) is 10.3 Å². The first kappa shape index (κ1) is 15.9. The van der Waals surface area contributed by atoms with Gasteiger partial charge in [0, 0.05) is 5.56 Å². The van der Waals surface area contributed by atoms with Crippen LogP contribution in [-0.4, -0.2) is 24.6 Å². The van der Waals surface area contributed by atoms with Gasteiger partial charge in [0.1, 0.15) is 10.7 Å². The molecule has 1 atom stereocenters. The van der Waals surface area contributed by atoms with E-state index in [4.69, 9.17) is 10.8 Å². The molecule has 0 spiro atoms. The molecule has 0 bridgehead atoms. The van der Waals surface area contributed by atoms with Gasteiger partial charge in [-0.25, -0.2) is 18.2 Å². The summed E-state index contributed by atoms with van der Waals surface area (Å²) in [6.07, 6.45) is -1.20. The Morgan fingerprint density at radius 1 is 1.23 bits per heavy atom. The minimum Gasteiger partial charge on any atom is -0.465 e. The van der Waals surface area contributed by atoms with Crippen molar-refractivity contribution in [1.29, 1.82) is 0 Å². The van der Waals surface area contributed by atoms with E-state index in [0.717, 1.165) is 5.56 Å². The monoisotopic (exact) mass is 321 g/mol. The van der Waals surface area contributed by atoms with Crippen molar-refractivity contribution in [3.8, 4) is 11.3 Å². The van der Waals surface area contributed by atoms with Crippen LogP contribution >= 0.6 is 0 Å². The third-order valence-electron chi connectivity index (χ3n) is 3.13. The zero-order valence-electron chi connectivity index (χ0n) is 11.7. The minimum atomic E-state index is -2.81. The van der Waals surface area contributed by atoms with Crippen LogP contribution in [0.1, 0.15) is 12.5 Å². The molecule has 0 aliphatic rings. The zero-order valence-corrected chi connectivity index (χ0v) is 12.6. The van der Waals surface area contributed by atoms with Gasteiger partial charge in [0.2, 0.25) is 0 Å². The van der Waals surface area contributed by atoms with Crippen molar-refractivity contribution in [3.63, 3.8) is 0 Å². The highest BCUT2D eigenvalue weighted by atomic mass is 32.2. The van der Waals surface area contributed by atoms with Gasteiger partial charge >= 0.3 is 6.09 Å². The van der Waals surface area contributed by atoms with Crippen LogP contribution in [0, 0.1) is 0 Å². The van der Waals surface area contributed by atoms with Gasteiger partial charge < -0.3 is 10.8 Å². The summed E-state index contributed by atoms with van der Waals surface area (Å²) >= 11 is 0. The van der Waals surface area contributed by atoms with Crippen molar-refractivity contribution in [2.24, 2.45) is 5.73 Å². The summed E-state index contributed by atoms with van der Waals surface area (Å²) in [5, 5.41) is 10.9. The molecule has 1 heterocycles. The van der Waals surface area contributed by atoms with Crippen LogP contribution in [0.5, 0.6) is 0 Å². The van der Waals surface area contributed by atoms with Gasteiger partial charge in [-0.05, 0) is 24.6 Å². The molecule has 1 amide bonds. The first-order chi connectivity index (χ1) is 10.3. The second kappa shape index (κ2) is 6.12. The number of nitrogens with two attached hydrogens (primary N) is 1. The summed E-state index contributed by atoms with van der Waals surface area (Å²) in [6.45, 7) is 1.42. The summed E-state index contributed by atoms with van der Waals surface area (Å²) in [5.74, 6) is 0.209. The standard InChI is InChI=1S/C14H15N3O4S/c1-14(15,22(20)21)10-7-5-9(6-8-10)11-3-2-4-12(16-11)17-13(18)19/h2-8,22H,15H2,1H3,(H,16,17)(H,18,19). The predicted molar refractivity (Wildman–Crippen MR) is 83.2 cm³/mol. The molecule has 116 valence electrons. The van der Waals surface area contributed by atoms with E-state index >= 15 is 0 Å². The Kier molecular flexibility index (Phi) is 4.43. The predicted octanol–water partition coefficient (Wildman–Crippen LogP) is 1.58. The summed E-state index contributed by atoms with van der Waals surface area (Å²) in [6, 6.07) is 11.5. The van der Waals surface area contributed by atoms with E-state index in [9.17, 15) is 13.2 Å². The maximum atomic E-state index is 11.2. The molecule has 2 aromatic rings. The fraction of sp³-hybridized carbons (Fsp3) is 0.143. The molecule has 0 saturated heterocycles. The third kappa shape index (κ3) is 3.41. The lowest BCUT2D eigenvalue weighted by molar-refractivity contribution is 0.209. The smallest absolute Gasteiger partial charge is 0.410 e. The zero-order chi connectivity index (χ0) is 16.3. The van der Waals surface area contributed by atoms with Crippen molar-refractivity contribution in [2.75, 3.05) is 5.32 Å². The Hall–Kier alpha value is -2.45. The van der Waals surface area contributed by atoms with Crippen molar-refractivity contribution < 1.29 is 18.3 Å². The van der Waals surface area contributed by atoms with Gasteiger partial charge in [-0.1, -0.05) is 30.3 Å². The number of rotatable bonds is 4. The Balaban J connectivity index is 2.33. The third-order valence-corrected chi connectivity index (χ3v) is 4.15. The molecule has 7 nitrogen and oxygen atoms in total. The van der Waals surface area contributed by atoms with Crippen LogP contribution in [0.2, 0.25) is 0 Å². The lowest BCUT2D eigenvalue weighted by Crippen LogP contribution is -2.34. The van der Waals surface area contributed by atoms with Crippen molar-refractivity contribution >= 4 is 22.6 Å². The number of carbonyl (C=O) groups is 1. The van der Waals surface area contributed by atoms with Crippen molar-refractivity contribution in [2.45, 2.75) is 11.8 Å². The lowest BCUT2D eigenvalue weighted by atomic mass is 10.0. The second-order valence-electron chi connectivity index (χ2n) is 4.82. The molecule has 2 rings (SSSR count). The number of thiol groups is 1. The highest BCUT2D eigenvalue weighted by Crippen LogP contribution is 2.24. The molecule has 1 aromatic heterocycles. The molecule has 1 unspecified atom stereocenters. The molecule has 0 saturated carbocycles. The molecule has 22 heavy (non-hydrogen) atoms. The number of nitrogens with one attached hydrogen (secondary N) is 1. The number of aromatic nitrogens is 1. The van der Waals surface area contributed by atoms with Crippen LogP contribution in [0.3, 0.4) is 0 Å². The number of anilines is 1. The number of nitrogens with zero attached hydrogens (tertiary/aromatic N) is 1. The van der Waals surface area contributed by atoms with Gasteiger partial charge in [-0.2, -0.15) is 0 Å². The maximum Gasteiger partial charge on any atom is 0.410 e. The minimum absolute atomic E-state index is 0.209. The maximum absolute atomic E-state index is 11.2. The van der Waals surface area contributed by atoms with E-state index in [0.29, 0.717) is 11.3 Å². The van der Waals surface area contributed by atoms with Gasteiger partial charge in [-0.15, -0.1) is 0 Å². The van der Waals surface area contributed by atoms with Crippen LogP contribution < -0.4 is 11.1 Å². The summed E-state index contributed by atoms with van der Waals surface area (Å²) in [7, 11) is -2.81. The number of carboxylic acid groups (broad SMARTS) is 1. The number of hydrogen-bond donors (Lipinski definition) is 4. The quantitative estimate of drug-likeness (QED) is 0.634. The van der Waals surface area contributed by atoms with Crippen molar-refractivity contribution in [1.82, 2.24) is 4.98 Å². The molecule has 0 fully saturated rings. The Morgan fingerprint density at radius 3 is 2.41 bits per heavy atom. The van der Waals surface area contributed by atoms with Crippen LogP contribution in [0.4, 0.5) is 10.6 Å². The Labute approximate surface area is 128 Å². The van der Waals surface area contributed by atoms with Gasteiger partial charge in [0.05, 0.1) is 5.69 Å². The van der Waals surface area contributed by atoms with Crippen LogP contribution in [0.15, 0.2) is 42.5 Å². The van der Waals surface area contributed by atoms with E-state index in [1.807, 2.05) is 0 Å². The lowest BCUT2D eigenvalue weighted by Gasteiger charge is -2.17. The highest BCUT2D eigenvalue weighted by molar-refractivity contribution is 7.73. The van der Waals surface area contributed by atoms with E-state index in [-0.39, 0.29) is 5.82 Å². The van der Waals surface area contributed by atoms with Crippen LogP contribution in [-0.2, 0) is 15.6 Å². The SMILES string of the molecule is CC(N)(c1ccc(-c2cccc(NC(=O)O)n2)cc1)[SH](=O)=O. The van der Waals surface area contributed by atoms with E-state index in [1.54, 1.807) is 36.4 Å². The molecule has 0 aliphatic carbocycles. The molecule has 0 radical (unpaired) electrons. The first-order valence-corrected chi connectivity index (χ1v) is 7.50. The number of pyridine rings is 1. The molecular weight excluding hydrogens is 306 g/mol. The van der Waals surface area contributed by atoms with Crippen molar-refractivity contribution in [3.05, 3.63) is 48.0 Å². The highest BCUT2D eigenvalue weighted by Gasteiger charge is 2.24. The van der Waals surface area contributed by atoms with Gasteiger partial charge in [0.25, 0.3) is 0 Å². The Morgan fingerprint density at radius 2 is 1.86 bits per heavy atom. The normalized spacial score (nSPS) is 13.6. The number of benzene rings is 1. The molecule has 0 aliphatic heterocycles. The molecular formula is C14H15N3O4S. The largest absolute Gasteiger partial charge is 0.465 e. The van der Waals surface area contributed by atoms with Crippen LogP contribution in [0.25, 0.3) is 11.3 Å². The Bertz CT molecular complexity index is 762. The number of hydrogen-bond acceptors (Lipinski definition) is 5. The average molecular weight is 321 g/mol. The summed E-state index contributed by atoms with van der Waals surface area (Å²) in [4.78, 5) is 13.3. The molecule has 1 aromatic carbocycles. The average Bonchev–Trinajstić information content (AvgIpc) is 2.47. The topological polar surface area (TPSA) is 122 Å². The molecule has 4 N–H and O–H groups in total. The summed E-state index contributed by atoms with van der Waals surface area (Å²) < 4.78 is 22.3. The summed E-state index contributed by atoms with van der Waals surface area (Å²) in [5.41, 5.74) is 7.50. The fourth-order valence-electron chi connectivity index (χ4n) is 1.86. The van der Waals surface area contributed by atoms with E-state index < -0.39 is 21.7 Å².